The molecule has 0 unspecified atom stereocenters. The van der Waals surface area contributed by atoms with Crippen LogP contribution in [0.25, 0.3) is 22.2 Å². The molecule has 1 aliphatic heterocycles. The van der Waals surface area contributed by atoms with Crippen molar-refractivity contribution in [2.24, 2.45) is 0 Å². The van der Waals surface area contributed by atoms with Crippen LogP contribution in [-0.2, 0) is 6.42 Å². The standard InChI is InChI=1S/C30H30N4O3/c1-19-32-26-6-4-5-24(29(26)37-19)22-11-13-25(28-23(22)12-14-27(28)35)33-30(36)20-7-9-21(10-8-20)31-15-18-34-16-2-3-17-34/h4-11,13,31H,2-3,12,14-18H2,1H3,(H,33,36). The first-order chi connectivity index (χ1) is 18.1. The lowest BCUT2D eigenvalue weighted by molar-refractivity contribution is 0.0995. The average Bonchev–Trinajstić information content (AvgIpc) is 3.65. The van der Waals surface area contributed by atoms with Crippen molar-refractivity contribution in [3.05, 3.63) is 77.2 Å². The maximum atomic E-state index is 13.1. The number of anilines is 2. The van der Waals surface area contributed by atoms with Crippen LogP contribution < -0.4 is 10.6 Å². The lowest BCUT2D eigenvalue weighted by atomic mass is 9.95. The number of carbonyl (C=O) groups is 2. The second-order valence-corrected chi connectivity index (χ2v) is 9.83. The maximum Gasteiger partial charge on any atom is 0.255 e. The van der Waals surface area contributed by atoms with Crippen LogP contribution in [0, 0.1) is 6.92 Å². The van der Waals surface area contributed by atoms with E-state index < -0.39 is 0 Å². The van der Waals surface area contributed by atoms with Crippen molar-refractivity contribution < 1.29 is 14.0 Å². The summed E-state index contributed by atoms with van der Waals surface area (Å²) in [5.41, 5.74) is 7.01. The molecule has 4 aromatic rings. The second kappa shape index (κ2) is 9.82. The molecule has 1 amide bonds. The topological polar surface area (TPSA) is 87.5 Å². The van der Waals surface area contributed by atoms with Gasteiger partial charge < -0.3 is 20.0 Å². The molecule has 2 N–H and O–H groups in total. The first-order valence-electron chi connectivity index (χ1n) is 13.0. The molecule has 1 aromatic heterocycles. The zero-order valence-corrected chi connectivity index (χ0v) is 21.0. The number of nitrogens with one attached hydrogen (secondary N) is 2. The van der Waals surface area contributed by atoms with Gasteiger partial charge in [0.2, 0.25) is 0 Å². The van der Waals surface area contributed by atoms with E-state index in [1.807, 2.05) is 61.5 Å². The fourth-order valence-electron chi connectivity index (χ4n) is 5.52. The van der Waals surface area contributed by atoms with E-state index in [9.17, 15) is 9.59 Å². The highest BCUT2D eigenvalue weighted by molar-refractivity contribution is 6.13. The molecule has 37 heavy (non-hydrogen) atoms. The summed E-state index contributed by atoms with van der Waals surface area (Å²) in [5.74, 6) is 0.420. The second-order valence-electron chi connectivity index (χ2n) is 9.83. The number of aromatic nitrogens is 1. The number of hydrogen-bond acceptors (Lipinski definition) is 6. The number of nitrogens with zero attached hydrogens (tertiary/aromatic N) is 2. The minimum atomic E-state index is -0.230. The van der Waals surface area contributed by atoms with Crippen LogP contribution in [0.1, 0.15) is 51.4 Å². The highest BCUT2D eigenvalue weighted by Gasteiger charge is 2.28. The van der Waals surface area contributed by atoms with E-state index in [2.05, 4.69) is 20.5 Å². The van der Waals surface area contributed by atoms with Crippen LogP contribution >= 0.6 is 0 Å². The van der Waals surface area contributed by atoms with Crippen molar-refractivity contribution >= 4 is 34.2 Å². The summed E-state index contributed by atoms with van der Waals surface area (Å²) in [7, 11) is 0. The zero-order chi connectivity index (χ0) is 25.4. The Bertz CT molecular complexity index is 1480. The van der Waals surface area contributed by atoms with Crippen molar-refractivity contribution in [2.75, 3.05) is 36.8 Å². The Morgan fingerprint density at radius 3 is 2.62 bits per heavy atom. The smallest absolute Gasteiger partial charge is 0.255 e. The third-order valence-corrected chi connectivity index (χ3v) is 7.36. The van der Waals surface area contributed by atoms with E-state index in [-0.39, 0.29) is 11.7 Å². The van der Waals surface area contributed by atoms with Crippen LogP contribution in [0.2, 0.25) is 0 Å². The number of likely N-dealkylation sites (tertiary alicyclic amines) is 1. The first kappa shape index (κ1) is 23.4. The number of amides is 1. The molecule has 0 spiro atoms. The van der Waals surface area contributed by atoms with Gasteiger partial charge in [0.15, 0.2) is 17.3 Å². The molecule has 1 saturated heterocycles. The summed E-state index contributed by atoms with van der Waals surface area (Å²) >= 11 is 0. The third-order valence-electron chi connectivity index (χ3n) is 7.36. The van der Waals surface area contributed by atoms with Gasteiger partial charge in [-0.3, -0.25) is 9.59 Å². The SMILES string of the molecule is Cc1nc2cccc(-c3ccc(NC(=O)c4ccc(NCCN5CCCC5)cc4)c4c3CCC4=O)c2o1. The molecule has 7 heteroatoms. The van der Waals surface area contributed by atoms with Crippen LogP contribution in [0.15, 0.2) is 59.0 Å². The number of carbonyl (C=O) groups excluding carboxylic acids is 2. The van der Waals surface area contributed by atoms with Gasteiger partial charge >= 0.3 is 0 Å². The molecular weight excluding hydrogens is 464 g/mol. The average molecular weight is 495 g/mol. The number of fused-ring (bicyclic) bond motifs is 2. The zero-order valence-electron chi connectivity index (χ0n) is 21.0. The van der Waals surface area contributed by atoms with E-state index in [0.29, 0.717) is 41.1 Å². The Morgan fingerprint density at radius 1 is 1.00 bits per heavy atom. The largest absolute Gasteiger partial charge is 0.440 e. The van der Waals surface area contributed by atoms with Crippen molar-refractivity contribution in [1.29, 1.82) is 0 Å². The Hall–Kier alpha value is -3.97. The van der Waals surface area contributed by atoms with Gasteiger partial charge in [-0.1, -0.05) is 18.2 Å². The van der Waals surface area contributed by atoms with Crippen molar-refractivity contribution in [1.82, 2.24) is 9.88 Å². The van der Waals surface area contributed by atoms with Crippen molar-refractivity contribution in [2.45, 2.75) is 32.6 Å². The summed E-state index contributed by atoms with van der Waals surface area (Å²) in [6.07, 6.45) is 3.64. The van der Waals surface area contributed by atoms with E-state index in [1.54, 1.807) is 0 Å². The van der Waals surface area contributed by atoms with E-state index in [1.165, 1.54) is 25.9 Å². The summed E-state index contributed by atoms with van der Waals surface area (Å²) < 4.78 is 5.88. The summed E-state index contributed by atoms with van der Waals surface area (Å²) in [4.78, 5) is 32.9. The number of benzene rings is 3. The van der Waals surface area contributed by atoms with Gasteiger partial charge in [0.25, 0.3) is 5.91 Å². The number of Topliss-reactive ketones (excluding diaryl/α,β-unsaturated/α-hetero) is 1. The van der Waals surface area contributed by atoms with E-state index in [0.717, 1.165) is 41.0 Å². The van der Waals surface area contributed by atoms with Gasteiger partial charge in [0.1, 0.15) is 5.52 Å². The third kappa shape index (κ3) is 4.62. The highest BCUT2D eigenvalue weighted by atomic mass is 16.3. The molecule has 0 atom stereocenters. The number of hydrogen-bond donors (Lipinski definition) is 2. The molecule has 3 aromatic carbocycles. The number of rotatable bonds is 7. The minimum absolute atomic E-state index is 0.0469. The predicted octanol–water partition coefficient (Wildman–Crippen LogP) is 5.69. The lowest BCUT2D eigenvalue weighted by Crippen LogP contribution is -2.25. The highest BCUT2D eigenvalue weighted by Crippen LogP contribution is 2.39. The Balaban J connectivity index is 1.21. The maximum absolute atomic E-state index is 13.1. The Morgan fingerprint density at radius 2 is 1.81 bits per heavy atom. The number of para-hydroxylation sites is 1. The summed E-state index contributed by atoms with van der Waals surface area (Å²) in [6, 6.07) is 17.1. The van der Waals surface area contributed by atoms with Crippen LogP contribution in [0.3, 0.4) is 0 Å². The molecule has 0 saturated carbocycles. The van der Waals surface area contributed by atoms with Crippen LogP contribution in [0.5, 0.6) is 0 Å². The number of ketones is 1. The molecule has 2 heterocycles. The number of oxazole rings is 1. The van der Waals surface area contributed by atoms with Gasteiger partial charge in [-0.05, 0) is 79.9 Å². The predicted molar refractivity (Wildman–Crippen MR) is 145 cm³/mol. The van der Waals surface area contributed by atoms with Gasteiger partial charge in [0.05, 0.1) is 5.69 Å². The molecule has 6 rings (SSSR count). The van der Waals surface area contributed by atoms with E-state index >= 15 is 0 Å². The summed E-state index contributed by atoms with van der Waals surface area (Å²) in [6.45, 7) is 6.11. The molecular formula is C30H30N4O3. The lowest BCUT2D eigenvalue weighted by Gasteiger charge is -2.16. The van der Waals surface area contributed by atoms with Crippen molar-refractivity contribution in [3.8, 4) is 11.1 Å². The van der Waals surface area contributed by atoms with E-state index in [4.69, 9.17) is 4.42 Å². The Labute approximate surface area is 215 Å². The number of aryl methyl sites for hydroxylation is 1. The summed E-state index contributed by atoms with van der Waals surface area (Å²) in [5, 5.41) is 6.42. The molecule has 188 valence electrons. The quantitative estimate of drug-likeness (QED) is 0.343. The molecule has 2 aliphatic rings. The molecule has 1 fully saturated rings. The minimum Gasteiger partial charge on any atom is -0.440 e. The Kier molecular flexibility index (Phi) is 6.22. The van der Waals surface area contributed by atoms with Gasteiger partial charge in [-0.15, -0.1) is 0 Å². The van der Waals surface area contributed by atoms with Gasteiger partial charge in [-0.2, -0.15) is 0 Å². The molecule has 0 bridgehead atoms. The van der Waals surface area contributed by atoms with Gasteiger partial charge in [0, 0.05) is 48.8 Å². The normalized spacial score (nSPS) is 15.3. The first-order valence-corrected chi connectivity index (χ1v) is 13.0. The fourth-order valence-corrected chi connectivity index (χ4v) is 5.52. The molecule has 7 nitrogen and oxygen atoms in total. The van der Waals surface area contributed by atoms with Gasteiger partial charge in [-0.25, -0.2) is 4.98 Å². The monoisotopic (exact) mass is 494 g/mol. The molecule has 0 radical (unpaired) electrons. The van der Waals surface area contributed by atoms with Crippen LogP contribution in [-0.4, -0.2) is 47.8 Å². The van der Waals surface area contributed by atoms with Crippen LogP contribution in [0.4, 0.5) is 11.4 Å². The van der Waals surface area contributed by atoms with Crippen molar-refractivity contribution in [3.63, 3.8) is 0 Å². The fraction of sp³-hybridized carbons (Fsp3) is 0.300. The molecule has 1 aliphatic carbocycles.